The first kappa shape index (κ1) is 14.5. The smallest absolute Gasteiger partial charge is 0.142 e. The summed E-state index contributed by atoms with van der Waals surface area (Å²) < 4.78 is 15.2. The lowest BCUT2D eigenvalue weighted by atomic mass is 10.1. The highest BCUT2D eigenvalue weighted by Crippen LogP contribution is 2.35. The van der Waals surface area contributed by atoms with Gasteiger partial charge >= 0.3 is 0 Å². The van der Waals surface area contributed by atoms with E-state index in [4.69, 9.17) is 11.6 Å². The molecule has 0 radical (unpaired) electrons. The molecule has 0 bridgehead atoms. The maximum absolute atomic E-state index is 13.5. The normalized spacial score (nSPS) is 18.8. The van der Waals surface area contributed by atoms with Crippen LogP contribution in [0.2, 0.25) is 5.02 Å². The van der Waals surface area contributed by atoms with Gasteiger partial charge in [0.05, 0.1) is 23.4 Å². The number of nitrogens with zero attached hydrogens (tertiary/aromatic N) is 2. The molecule has 6 heteroatoms. The summed E-state index contributed by atoms with van der Waals surface area (Å²) in [6.45, 7) is -0.0275. The van der Waals surface area contributed by atoms with E-state index in [1.165, 1.54) is 6.07 Å². The lowest BCUT2D eigenvalue weighted by molar-refractivity contribution is 0.227. The van der Waals surface area contributed by atoms with E-state index in [9.17, 15) is 9.50 Å². The molecule has 3 rings (SSSR count). The minimum Gasteiger partial charge on any atom is -0.394 e. The van der Waals surface area contributed by atoms with Crippen molar-refractivity contribution in [3.8, 4) is 0 Å². The van der Waals surface area contributed by atoms with E-state index in [0.29, 0.717) is 0 Å². The standard InChI is InChI=1S/C15H17ClFN3O/c1-20-15(4-5-18-20)14(8-21)19-13-3-2-9-6-12(17)11(16)7-10(9)13/h4-7,13-14,19,21H,2-3,8H2,1H3. The van der Waals surface area contributed by atoms with E-state index in [1.54, 1.807) is 16.9 Å². The van der Waals surface area contributed by atoms with Crippen LogP contribution < -0.4 is 5.32 Å². The Morgan fingerprint density at radius 1 is 1.57 bits per heavy atom. The highest BCUT2D eigenvalue weighted by molar-refractivity contribution is 6.30. The van der Waals surface area contributed by atoms with E-state index < -0.39 is 0 Å². The summed E-state index contributed by atoms with van der Waals surface area (Å²) in [6.07, 6.45) is 3.38. The predicted molar refractivity (Wildman–Crippen MR) is 78.6 cm³/mol. The number of aryl methyl sites for hydroxylation is 2. The molecule has 2 aromatic rings. The van der Waals surface area contributed by atoms with Crippen molar-refractivity contribution in [1.29, 1.82) is 0 Å². The number of fused-ring (bicyclic) bond motifs is 1. The molecular weight excluding hydrogens is 293 g/mol. The average Bonchev–Trinajstić information content (AvgIpc) is 3.04. The first-order valence-electron chi connectivity index (χ1n) is 6.92. The maximum atomic E-state index is 13.5. The first-order chi connectivity index (χ1) is 10.1. The number of hydrogen-bond donors (Lipinski definition) is 2. The molecule has 1 aromatic heterocycles. The van der Waals surface area contributed by atoms with E-state index in [2.05, 4.69) is 10.4 Å². The van der Waals surface area contributed by atoms with Gasteiger partial charge in [-0.25, -0.2) is 4.39 Å². The number of hydrogen-bond acceptors (Lipinski definition) is 3. The molecule has 0 saturated heterocycles. The number of nitrogens with one attached hydrogen (secondary N) is 1. The zero-order valence-corrected chi connectivity index (χ0v) is 12.4. The van der Waals surface area contributed by atoms with Crippen molar-refractivity contribution in [3.05, 3.63) is 52.1 Å². The molecule has 112 valence electrons. The summed E-state index contributed by atoms with van der Waals surface area (Å²) in [7, 11) is 1.84. The minimum atomic E-state index is -0.374. The van der Waals surface area contributed by atoms with Gasteiger partial charge in [0.1, 0.15) is 5.82 Å². The summed E-state index contributed by atoms with van der Waals surface area (Å²) in [4.78, 5) is 0. The fourth-order valence-electron chi connectivity index (χ4n) is 2.97. The Bertz CT molecular complexity index is 658. The van der Waals surface area contributed by atoms with Gasteiger partial charge in [0.25, 0.3) is 0 Å². The second-order valence-corrected chi connectivity index (χ2v) is 5.75. The van der Waals surface area contributed by atoms with Crippen LogP contribution in [-0.2, 0) is 13.5 Å². The molecule has 2 unspecified atom stereocenters. The van der Waals surface area contributed by atoms with Crippen molar-refractivity contribution in [3.63, 3.8) is 0 Å². The maximum Gasteiger partial charge on any atom is 0.142 e. The average molecular weight is 310 g/mol. The molecule has 1 aliphatic carbocycles. The Kier molecular flexibility index (Phi) is 3.97. The van der Waals surface area contributed by atoms with Gasteiger partial charge in [-0.05, 0) is 42.2 Å². The molecule has 1 aliphatic rings. The Labute approximate surface area is 127 Å². The van der Waals surface area contributed by atoms with Crippen molar-refractivity contribution < 1.29 is 9.50 Å². The minimum absolute atomic E-state index is 0.0275. The highest BCUT2D eigenvalue weighted by Gasteiger charge is 2.27. The van der Waals surface area contributed by atoms with E-state index in [0.717, 1.165) is 29.7 Å². The zero-order chi connectivity index (χ0) is 15.0. The lowest BCUT2D eigenvalue weighted by Gasteiger charge is -2.22. The molecule has 0 spiro atoms. The molecule has 21 heavy (non-hydrogen) atoms. The third kappa shape index (κ3) is 2.69. The monoisotopic (exact) mass is 309 g/mol. The van der Waals surface area contributed by atoms with Crippen LogP contribution in [0.25, 0.3) is 0 Å². The number of aromatic nitrogens is 2. The van der Waals surface area contributed by atoms with Gasteiger partial charge in [-0.15, -0.1) is 0 Å². The second kappa shape index (κ2) is 5.75. The SMILES string of the molecule is Cn1nccc1C(CO)NC1CCc2cc(F)c(Cl)cc21. The largest absolute Gasteiger partial charge is 0.394 e. The molecule has 0 aliphatic heterocycles. The van der Waals surface area contributed by atoms with Crippen molar-refractivity contribution >= 4 is 11.6 Å². The van der Waals surface area contributed by atoms with Crippen molar-refractivity contribution in [1.82, 2.24) is 15.1 Å². The predicted octanol–water partition coefficient (Wildman–Crippen LogP) is 2.52. The van der Waals surface area contributed by atoms with Crippen LogP contribution in [0.4, 0.5) is 4.39 Å². The Hall–Kier alpha value is -1.43. The van der Waals surface area contributed by atoms with Gasteiger partial charge in [-0.2, -0.15) is 5.10 Å². The summed E-state index contributed by atoms with van der Waals surface area (Å²) in [6, 6.07) is 4.93. The fourth-order valence-corrected chi connectivity index (χ4v) is 3.15. The number of aliphatic hydroxyl groups is 1. The van der Waals surface area contributed by atoms with E-state index in [1.807, 2.05) is 13.1 Å². The van der Waals surface area contributed by atoms with Crippen molar-refractivity contribution in [2.45, 2.75) is 24.9 Å². The number of benzene rings is 1. The number of aliphatic hydroxyl groups excluding tert-OH is 1. The van der Waals surface area contributed by atoms with Crippen molar-refractivity contribution in [2.75, 3.05) is 6.61 Å². The molecule has 0 fully saturated rings. The van der Waals surface area contributed by atoms with Crippen LogP contribution >= 0.6 is 11.6 Å². The van der Waals surface area contributed by atoms with E-state index in [-0.39, 0.29) is 29.5 Å². The van der Waals surface area contributed by atoms with Gasteiger partial charge in [-0.3, -0.25) is 10.00 Å². The van der Waals surface area contributed by atoms with E-state index >= 15 is 0 Å². The molecule has 2 atom stereocenters. The fraction of sp³-hybridized carbons (Fsp3) is 0.400. The molecule has 1 aromatic carbocycles. The summed E-state index contributed by atoms with van der Waals surface area (Å²) >= 11 is 5.89. The topological polar surface area (TPSA) is 50.1 Å². The summed E-state index contributed by atoms with van der Waals surface area (Å²) in [5.74, 6) is -0.374. The Balaban J connectivity index is 1.84. The molecule has 0 saturated carbocycles. The Morgan fingerprint density at radius 3 is 3.05 bits per heavy atom. The van der Waals surface area contributed by atoms with Crippen LogP contribution in [0.5, 0.6) is 0 Å². The quantitative estimate of drug-likeness (QED) is 0.912. The summed E-state index contributed by atoms with van der Waals surface area (Å²) in [5, 5.41) is 17.3. The molecule has 1 heterocycles. The van der Waals surface area contributed by atoms with Crippen molar-refractivity contribution in [2.24, 2.45) is 7.05 Å². The van der Waals surface area contributed by atoms with Crippen LogP contribution in [0.1, 0.15) is 35.3 Å². The molecule has 0 amide bonds. The lowest BCUT2D eigenvalue weighted by Crippen LogP contribution is -2.29. The van der Waals surface area contributed by atoms with Gasteiger partial charge in [-0.1, -0.05) is 11.6 Å². The van der Waals surface area contributed by atoms with Crippen LogP contribution in [0.15, 0.2) is 24.4 Å². The van der Waals surface area contributed by atoms with Gasteiger partial charge < -0.3 is 5.11 Å². The highest BCUT2D eigenvalue weighted by atomic mass is 35.5. The second-order valence-electron chi connectivity index (χ2n) is 5.34. The molecule has 4 nitrogen and oxygen atoms in total. The van der Waals surface area contributed by atoms with Crippen LogP contribution in [0.3, 0.4) is 0 Å². The first-order valence-corrected chi connectivity index (χ1v) is 7.30. The van der Waals surface area contributed by atoms with Crippen LogP contribution in [0, 0.1) is 5.82 Å². The summed E-state index contributed by atoms with van der Waals surface area (Å²) in [5.41, 5.74) is 2.91. The number of halogens is 2. The van der Waals surface area contributed by atoms with Gasteiger partial charge in [0, 0.05) is 19.3 Å². The van der Waals surface area contributed by atoms with Gasteiger partial charge in [0.15, 0.2) is 0 Å². The Morgan fingerprint density at radius 2 is 2.38 bits per heavy atom. The third-order valence-electron chi connectivity index (χ3n) is 4.06. The molecular formula is C15H17ClFN3O. The van der Waals surface area contributed by atoms with Gasteiger partial charge in [0.2, 0.25) is 0 Å². The number of rotatable bonds is 4. The molecule has 2 N–H and O–H groups in total. The zero-order valence-electron chi connectivity index (χ0n) is 11.7. The third-order valence-corrected chi connectivity index (χ3v) is 4.35. The van der Waals surface area contributed by atoms with Crippen LogP contribution in [-0.4, -0.2) is 21.5 Å².